The van der Waals surface area contributed by atoms with Crippen molar-refractivity contribution in [3.8, 4) is 10.9 Å². The molecule has 1 N–H and O–H groups in total. The number of nitrogens with one attached hydrogen (secondary N) is 1. The van der Waals surface area contributed by atoms with Crippen LogP contribution in [-0.2, 0) is 11.3 Å². The van der Waals surface area contributed by atoms with Crippen LogP contribution in [0, 0.1) is 0 Å². The lowest BCUT2D eigenvalue weighted by Crippen LogP contribution is -2.28. The number of aryl methyl sites for hydroxylation is 1. The van der Waals surface area contributed by atoms with Gasteiger partial charge in [-0.15, -0.1) is 11.3 Å². The molecular weight excluding hydrogens is 421 g/mol. The smallest absolute Gasteiger partial charge is 0.418 e. The van der Waals surface area contributed by atoms with Crippen molar-refractivity contribution >= 4 is 28.3 Å². The third kappa shape index (κ3) is 3.63. The van der Waals surface area contributed by atoms with E-state index in [9.17, 15) is 22.8 Å². The molecule has 3 heterocycles. The summed E-state index contributed by atoms with van der Waals surface area (Å²) in [6, 6.07) is 4.28. The summed E-state index contributed by atoms with van der Waals surface area (Å²) in [5.41, 5.74) is 0.0102. The molecule has 1 aliphatic rings. The molecule has 1 saturated heterocycles. The molecule has 0 aliphatic carbocycles. The van der Waals surface area contributed by atoms with Gasteiger partial charge < -0.3 is 10.1 Å². The number of thiazole rings is 1. The highest BCUT2D eigenvalue weighted by Crippen LogP contribution is 2.34. The lowest BCUT2D eigenvalue weighted by molar-refractivity contribution is -0.189. The Morgan fingerprint density at radius 2 is 2.07 bits per heavy atom. The highest BCUT2D eigenvalue weighted by Gasteiger charge is 2.42. The zero-order valence-electron chi connectivity index (χ0n) is 16.0. The molecule has 0 atom stereocenters. The lowest BCUT2D eigenvalue weighted by atomic mass is 9.97. The first-order valence-corrected chi connectivity index (χ1v) is 10.3. The Labute approximate surface area is 173 Å². The standard InChI is InChI=1S/C19H19F3N4O3S/c1-2-25-12-4-3-5-13(29-16(27)19(20,21)22)15(12)26(18(25)28)17-24-10-14(30-17)11-6-8-23-9-7-11/h3-5,10-11,23H,2,6-9H2,1H3. The van der Waals surface area contributed by atoms with Crippen molar-refractivity contribution in [3.05, 3.63) is 39.8 Å². The Bertz CT molecular complexity index is 1140. The van der Waals surface area contributed by atoms with E-state index in [1.807, 2.05) is 0 Å². The van der Waals surface area contributed by atoms with Crippen molar-refractivity contribution in [2.75, 3.05) is 13.1 Å². The Balaban J connectivity index is 1.85. The molecule has 7 nitrogen and oxygen atoms in total. The summed E-state index contributed by atoms with van der Waals surface area (Å²) < 4.78 is 45.5. The number of ether oxygens (including phenoxy) is 1. The van der Waals surface area contributed by atoms with Crippen LogP contribution in [-0.4, -0.2) is 39.4 Å². The number of carbonyl (C=O) groups is 1. The van der Waals surface area contributed by atoms with E-state index in [0.717, 1.165) is 30.8 Å². The minimum absolute atomic E-state index is 0.0909. The second-order valence-corrected chi connectivity index (χ2v) is 7.98. The van der Waals surface area contributed by atoms with Crippen LogP contribution in [0.15, 0.2) is 29.2 Å². The molecule has 0 unspecified atom stereocenters. The number of hydrogen-bond acceptors (Lipinski definition) is 6. The summed E-state index contributed by atoms with van der Waals surface area (Å²) in [4.78, 5) is 29.9. The van der Waals surface area contributed by atoms with Crippen LogP contribution in [0.3, 0.4) is 0 Å². The van der Waals surface area contributed by atoms with Gasteiger partial charge in [-0.05, 0) is 50.9 Å². The first-order chi connectivity index (χ1) is 14.3. The fraction of sp³-hybridized carbons (Fsp3) is 0.421. The predicted octanol–water partition coefficient (Wildman–Crippen LogP) is 3.20. The third-order valence-corrected chi connectivity index (χ3v) is 6.25. The SMILES string of the molecule is CCn1c(=O)n(-c2ncc(C3CCNCC3)s2)c2c(OC(=O)C(F)(F)F)cccc21. The van der Waals surface area contributed by atoms with Crippen LogP contribution in [0.1, 0.15) is 30.6 Å². The lowest BCUT2D eigenvalue weighted by Gasteiger charge is -2.20. The van der Waals surface area contributed by atoms with Gasteiger partial charge in [0.2, 0.25) is 0 Å². The van der Waals surface area contributed by atoms with E-state index in [-0.39, 0.29) is 11.3 Å². The summed E-state index contributed by atoms with van der Waals surface area (Å²) in [6.45, 7) is 3.84. The predicted molar refractivity (Wildman–Crippen MR) is 105 cm³/mol. The topological polar surface area (TPSA) is 78.2 Å². The van der Waals surface area contributed by atoms with Crippen LogP contribution in [0.4, 0.5) is 13.2 Å². The second-order valence-electron chi connectivity index (χ2n) is 6.94. The Morgan fingerprint density at radius 3 is 2.73 bits per heavy atom. The number of benzene rings is 1. The Morgan fingerprint density at radius 1 is 1.33 bits per heavy atom. The zero-order valence-corrected chi connectivity index (χ0v) is 16.8. The van der Waals surface area contributed by atoms with Gasteiger partial charge in [0.25, 0.3) is 0 Å². The monoisotopic (exact) mass is 440 g/mol. The van der Waals surface area contributed by atoms with E-state index in [1.54, 1.807) is 19.2 Å². The average Bonchev–Trinajstić information content (AvgIpc) is 3.30. The van der Waals surface area contributed by atoms with Gasteiger partial charge in [0.15, 0.2) is 10.9 Å². The average molecular weight is 440 g/mol. The van der Waals surface area contributed by atoms with Crippen LogP contribution < -0.4 is 15.7 Å². The van der Waals surface area contributed by atoms with Gasteiger partial charge in [0, 0.05) is 17.6 Å². The largest absolute Gasteiger partial charge is 0.491 e. The van der Waals surface area contributed by atoms with Gasteiger partial charge in [-0.3, -0.25) is 4.57 Å². The zero-order chi connectivity index (χ0) is 21.5. The molecule has 1 fully saturated rings. The summed E-state index contributed by atoms with van der Waals surface area (Å²) in [7, 11) is 0. The van der Waals surface area contributed by atoms with Crippen molar-refractivity contribution in [1.29, 1.82) is 0 Å². The first-order valence-electron chi connectivity index (χ1n) is 9.51. The number of carbonyl (C=O) groups excluding carboxylic acids is 1. The van der Waals surface area contributed by atoms with Crippen LogP contribution in [0.5, 0.6) is 5.75 Å². The van der Waals surface area contributed by atoms with E-state index in [1.165, 1.54) is 32.6 Å². The maximum atomic E-state index is 13.1. The molecule has 2 aromatic heterocycles. The molecule has 0 bridgehead atoms. The second kappa shape index (κ2) is 7.88. The van der Waals surface area contributed by atoms with E-state index in [2.05, 4.69) is 15.0 Å². The number of para-hydroxylation sites is 1. The molecule has 1 aliphatic heterocycles. The minimum atomic E-state index is -5.15. The molecule has 0 saturated carbocycles. The molecule has 11 heteroatoms. The molecule has 30 heavy (non-hydrogen) atoms. The van der Waals surface area contributed by atoms with Crippen molar-refractivity contribution in [3.63, 3.8) is 0 Å². The Kier molecular flexibility index (Phi) is 5.41. The maximum absolute atomic E-state index is 13.1. The third-order valence-electron chi connectivity index (χ3n) is 5.11. The molecule has 4 rings (SSSR count). The summed E-state index contributed by atoms with van der Waals surface area (Å²) in [5.74, 6) is -2.36. The normalized spacial score (nSPS) is 15.6. The fourth-order valence-corrected chi connectivity index (χ4v) is 4.76. The molecule has 160 valence electrons. The molecule has 0 spiro atoms. The number of nitrogens with zero attached hydrogens (tertiary/aromatic N) is 3. The van der Waals surface area contributed by atoms with E-state index < -0.39 is 17.8 Å². The molecule has 0 radical (unpaired) electrons. The number of alkyl halides is 3. The summed E-state index contributed by atoms with van der Waals surface area (Å²) in [5, 5.41) is 3.62. The van der Waals surface area contributed by atoms with Crippen molar-refractivity contribution in [1.82, 2.24) is 19.4 Å². The van der Waals surface area contributed by atoms with Gasteiger partial charge in [-0.1, -0.05) is 6.07 Å². The highest BCUT2D eigenvalue weighted by atomic mass is 32.1. The summed E-state index contributed by atoms with van der Waals surface area (Å²) >= 11 is 1.33. The number of imidazole rings is 1. The number of rotatable bonds is 4. The first kappa shape index (κ1) is 20.6. The Hall–Kier alpha value is -2.66. The number of halogens is 3. The van der Waals surface area contributed by atoms with Crippen LogP contribution in [0.2, 0.25) is 0 Å². The number of aromatic nitrogens is 3. The van der Waals surface area contributed by atoms with Crippen molar-refractivity contribution in [2.24, 2.45) is 0 Å². The highest BCUT2D eigenvalue weighted by molar-refractivity contribution is 7.14. The van der Waals surface area contributed by atoms with Crippen molar-refractivity contribution in [2.45, 2.75) is 38.4 Å². The number of hydrogen-bond donors (Lipinski definition) is 1. The molecule has 3 aromatic rings. The number of esters is 1. The number of piperidine rings is 1. The minimum Gasteiger partial charge on any atom is -0.418 e. The van der Waals surface area contributed by atoms with Crippen LogP contribution >= 0.6 is 11.3 Å². The van der Waals surface area contributed by atoms with Crippen molar-refractivity contribution < 1.29 is 22.7 Å². The van der Waals surface area contributed by atoms with E-state index >= 15 is 0 Å². The van der Waals surface area contributed by atoms with E-state index in [0.29, 0.717) is 23.1 Å². The van der Waals surface area contributed by atoms with E-state index in [4.69, 9.17) is 0 Å². The van der Waals surface area contributed by atoms with Gasteiger partial charge >= 0.3 is 17.8 Å². The number of fused-ring (bicyclic) bond motifs is 1. The van der Waals surface area contributed by atoms with Crippen LogP contribution in [0.25, 0.3) is 16.2 Å². The maximum Gasteiger partial charge on any atom is 0.491 e. The molecular formula is C19H19F3N4O3S. The van der Waals surface area contributed by atoms with Gasteiger partial charge in [-0.2, -0.15) is 13.2 Å². The van der Waals surface area contributed by atoms with Gasteiger partial charge in [0.1, 0.15) is 5.52 Å². The fourth-order valence-electron chi connectivity index (χ4n) is 3.67. The molecule has 1 aromatic carbocycles. The van der Waals surface area contributed by atoms with Gasteiger partial charge in [-0.25, -0.2) is 19.1 Å². The molecule has 0 amide bonds. The summed E-state index contributed by atoms with van der Waals surface area (Å²) in [6.07, 6.45) is -1.55. The van der Waals surface area contributed by atoms with Gasteiger partial charge in [0.05, 0.1) is 5.52 Å². The quantitative estimate of drug-likeness (QED) is 0.498.